The summed E-state index contributed by atoms with van der Waals surface area (Å²) in [7, 11) is 0. The van der Waals surface area contributed by atoms with Crippen molar-refractivity contribution in [2.24, 2.45) is 0 Å². The van der Waals surface area contributed by atoms with E-state index in [1.54, 1.807) is 36.7 Å². The van der Waals surface area contributed by atoms with E-state index in [2.05, 4.69) is 15.3 Å². The van der Waals surface area contributed by atoms with Gasteiger partial charge in [-0.05, 0) is 30.7 Å². The number of anilines is 1. The first-order valence-corrected chi connectivity index (χ1v) is 7.61. The molecule has 0 saturated carbocycles. The molecule has 3 rings (SSSR count). The molecule has 1 amide bonds. The van der Waals surface area contributed by atoms with Crippen LogP contribution in [-0.2, 0) is 0 Å². The van der Waals surface area contributed by atoms with E-state index in [9.17, 15) is 4.79 Å². The number of rotatable bonds is 5. The summed E-state index contributed by atoms with van der Waals surface area (Å²) in [5, 5.41) is 2.78. The Balaban J connectivity index is 1.64. The first-order chi connectivity index (χ1) is 11.7. The Kier molecular flexibility index (Phi) is 4.81. The highest BCUT2D eigenvalue weighted by atomic mass is 16.5. The Morgan fingerprint density at radius 1 is 1.04 bits per heavy atom. The highest BCUT2D eigenvalue weighted by molar-refractivity contribution is 6.04. The number of hydrogen-bond acceptors (Lipinski definition) is 4. The van der Waals surface area contributed by atoms with Gasteiger partial charge in [-0.15, -0.1) is 0 Å². The molecule has 0 bridgehead atoms. The largest absolute Gasteiger partial charge is 0.470 e. The monoisotopic (exact) mass is 319 g/mol. The van der Waals surface area contributed by atoms with Gasteiger partial charge in [0.15, 0.2) is 0 Å². The van der Waals surface area contributed by atoms with E-state index < -0.39 is 0 Å². The van der Waals surface area contributed by atoms with Crippen LogP contribution in [0.5, 0.6) is 5.88 Å². The number of pyridine rings is 2. The third kappa shape index (κ3) is 3.95. The molecule has 0 radical (unpaired) electrons. The average molecular weight is 319 g/mol. The smallest absolute Gasteiger partial charge is 0.257 e. The van der Waals surface area contributed by atoms with Gasteiger partial charge in [-0.1, -0.05) is 30.3 Å². The second-order valence-corrected chi connectivity index (χ2v) is 5.25. The number of ether oxygens (including phenoxy) is 1. The van der Waals surface area contributed by atoms with Crippen LogP contribution in [-0.4, -0.2) is 15.9 Å². The van der Waals surface area contributed by atoms with Gasteiger partial charge in [0, 0.05) is 30.3 Å². The van der Waals surface area contributed by atoms with Gasteiger partial charge in [-0.25, -0.2) is 4.98 Å². The Morgan fingerprint density at radius 2 is 1.79 bits per heavy atom. The lowest BCUT2D eigenvalue weighted by Gasteiger charge is -2.14. The summed E-state index contributed by atoms with van der Waals surface area (Å²) in [4.78, 5) is 20.3. The van der Waals surface area contributed by atoms with Gasteiger partial charge in [-0.2, -0.15) is 0 Å². The van der Waals surface area contributed by atoms with Crippen LogP contribution in [0.25, 0.3) is 0 Å². The molecule has 0 spiro atoms. The summed E-state index contributed by atoms with van der Waals surface area (Å²) in [6.07, 6.45) is 4.63. The molecule has 0 aliphatic carbocycles. The summed E-state index contributed by atoms with van der Waals surface area (Å²) in [5.74, 6) is 0.253. The maximum absolute atomic E-state index is 12.2. The number of amides is 1. The van der Waals surface area contributed by atoms with Gasteiger partial charge in [0.2, 0.25) is 5.88 Å². The van der Waals surface area contributed by atoms with Crippen LogP contribution >= 0.6 is 0 Å². The third-order valence-electron chi connectivity index (χ3n) is 3.50. The van der Waals surface area contributed by atoms with Gasteiger partial charge in [0.05, 0.1) is 5.56 Å². The van der Waals surface area contributed by atoms with Gasteiger partial charge in [-0.3, -0.25) is 9.78 Å². The molecular weight excluding hydrogens is 302 g/mol. The molecule has 1 atom stereocenters. The van der Waals surface area contributed by atoms with Crippen molar-refractivity contribution in [3.63, 3.8) is 0 Å². The van der Waals surface area contributed by atoms with Crippen LogP contribution in [0.1, 0.15) is 28.9 Å². The molecule has 0 aliphatic rings. The minimum absolute atomic E-state index is 0.116. The summed E-state index contributed by atoms with van der Waals surface area (Å²) < 4.78 is 5.80. The molecule has 0 aliphatic heterocycles. The van der Waals surface area contributed by atoms with Crippen LogP contribution in [0.15, 0.2) is 73.2 Å². The number of benzene rings is 1. The SMILES string of the molecule is C[C@H](Oc1ccc(C(=O)Nc2ccncc2)cn1)c1ccccc1. The van der Waals surface area contributed by atoms with Crippen molar-refractivity contribution in [2.75, 3.05) is 5.32 Å². The van der Waals surface area contributed by atoms with E-state index in [1.165, 1.54) is 6.20 Å². The van der Waals surface area contributed by atoms with Crippen molar-refractivity contribution in [3.05, 3.63) is 84.3 Å². The molecular formula is C19H17N3O2. The summed E-state index contributed by atoms with van der Waals surface area (Å²) in [6.45, 7) is 1.96. The number of nitrogens with one attached hydrogen (secondary N) is 1. The van der Waals surface area contributed by atoms with Crippen LogP contribution in [0.4, 0.5) is 5.69 Å². The number of hydrogen-bond donors (Lipinski definition) is 1. The molecule has 120 valence electrons. The van der Waals surface area contributed by atoms with Gasteiger partial charge < -0.3 is 10.1 Å². The minimum atomic E-state index is -0.226. The minimum Gasteiger partial charge on any atom is -0.470 e. The Labute approximate surface area is 140 Å². The molecule has 24 heavy (non-hydrogen) atoms. The normalized spacial score (nSPS) is 11.5. The molecule has 3 aromatic rings. The van der Waals surface area contributed by atoms with Crippen molar-refractivity contribution in [3.8, 4) is 5.88 Å². The van der Waals surface area contributed by atoms with E-state index in [1.807, 2.05) is 37.3 Å². The van der Waals surface area contributed by atoms with Crippen molar-refractivity contribution in [2.45, 2.75) is 13.0 Å². The molecule has 0 saturated heterocycles. The van der Waals surface area contributed by atoms with E-state index in [0.717, 1.165) is 5.56 Å². The fourth-order valence-corrected chi connectivity index (χ4v) is 2.20. The highest BCUT2D eigenvalue weighted by Crippen LogP contribution is 2.20. The second kappa shape index (κ2) is 7.37. The maximum Gasteiger partial charge on any atom is 0.257 e. The Morgan fingerprint density at radius 3 is 2.46 bits per heavy atom. The first kappa shape index (κ1) is 15.7. The molecule has 2 aromatic heterocycles. The topological polar surface area (TPSA) is 64.1 Å². The Hall–Kier alpha value is -3.21. The summed E-state index contributed by atoms with van der Waals surface area (Å²) >= 11 is 0. The molecule has 1 aromatic carbocycles. The molecule has 5 heteroatoms. The lowest BCUT2D eigenvalue weighted by molar-refractivity contribution is 0.102. The van der Waals surface area contributed by atoms with Crippen LogP contribution < -0.4 is 10.1 Å². The molecule has 2 heterocycles. The maximum atomic E-state index is 12.2. The second-order valence-electron chi connectivity index (χ2n) is 5.25. The van der Waals surface area contributed by atoms with Crippen molar-refractivity contribution < 1.29 is 9.53 Å². The predicted molar refractivity (Wildman–Crippen MR) is 91.9 cm³/mol. The van der Waals surface area contributed by atoms with Crippen LogP contribution in [0.3, 0.4) is 0 Å². The zero-order chi connectivity index (χ0) is 16.8. The fraction of sp³-hybridized carbons (Fsp3) is 0.105. The fourth-order valence-electron chi connectivity index (χ4n) is 2.20. The van der Waals surface area contributed by atoms with E-state index in [4.69, 9.17) is 4.74 Å². The number of aromatic nitrogens is 2. The highest BCUT2D eigenvalue weighted by Gasteiger charge is 2.10. The number of carbonyl (C=O) groups excluding carboxylic acids is 1. The van der Waals surface area contributed by atoms with Crippen molar-refractivity contribution in [1.82, 2.24) is 9.97 Å². The van der Waals surface area contributed by atoms with Crippen LogP contribution in [0.2, 0.25) is 0 Å². The lowest BCUT2D eigenvalue weighted by Crippen LogP contribution is -2.12. The quantitative estimate of drug-likeness (QED) is 0.775. The molecule has 0 fully saturated rings. The van der Waals surface area contributed by atoms with Crippen LogP contribution in [0, 0.1) is 0 Å². The lowest BCUT2D eigenvalue weighted by atomic mass is 10.1. The standard InChI is InChI=1S/C19H17N3O2/c1-14(15-5-3-2-4-6-15)24-18-8-7-16(13-21-18)19(23)22-17-9-11-20-12-10-17/h2-14H,1H3,(H,20,22,23)/t14-/m0/s1. The molecule has 1 N–H and O–H groups in total. The number of nitrogens with zero attached hydrogens (tertiary/aromatic N) is 2. The van der Waals surface area contributed by atoms with Gasteiger partial charge in [0.1, 0.15) is 6.10 Å². The van der Waals surface area contributed by atoms with Gasteiger partial charge >= 0.3 is 0 Å². The first-order valence-electron chi connectivity index (χ1n) is 7.61. The molecule has 0 unspecified atom stereocenters. The zero-order valence-corrected chi connectivity index (χ0v) is 13.2. The predicted octanol–water partition coefficient (Wildman–Crippen LogP) is 3.87. The van der Waals surface area contributed by atoms with E-state index in [0.29, 0.717) is 17.1 Å². The van der Waals surface area contributed by atoms with E-state index in [-0.39, 0.29) is 12.0 Å². The van der Waals surface area contributed by atoms with E-state index >= 15 is 0 Å². The summed E-state index contributed by atoms with van der Waals surface area (Å²) in [5.41, 5.74) is 2.22. The van der Waals surface area contributed by atoms with Crippen molar-refractivity contribution >= 4 is 11.6 Å². The van der Waals surface area contributed by atoms with Gasteiger partial charge in [0.25, 0.3) is 5.91 Å². The zero-order valence-electron chi connectivity index (χ0n) is 13.2. The number of carbonyl (C=O) groups is 1. The third-order valence-corrected chi connectivity index (χ3v) is 3.50. The van der Waals surface area contributed by atoms with Crippen molar-refractivity contribution in [1.29, 1.82) is 0 Å². The average Bonchev–Trinajstić information content (AvgIpc) is 2.64. The Bertz CT molecular complexity index is 790. The summed E-state index contributed by atoms with van der Waals surface area (Å²) in [6, 6.07) is 16.7. The molecule has 5 nitrogen and oxygen atoms in total.